The van der Waals surface area contributed by atoms with Crippen LogP contribution in [0.5, 0.6) is 0 Å². The summed E-state index contributed by atoms with van der Waals surface area (Å²) >= 11 is 0. The number of benzene rings is 2. The molecule has 0 aromatic heterocycles. The van der Waals surface area contributed by atoms with Crippen molar-refractivity contribution in [2.75, 3.05) is 7.05 Å². The van der Waals surface area contributed by atoms with E-state index in [0.29, 0.717) is 0 Å². The van der Waals surface area contributed by atoms with Crippen LogP contribution in [0.15, 0.2) is 54.6 Å². The first-order chi connectivity index (χ1) is 11.3. The molecule has 128 valence electrons. The van der Waals surface area contributed by atoms with Crippen LogP contribution in [0.3, 0.4) is 0 Å². The third kappa shape index (κ3) is 5.07. The molecular formula is C23H31N. The van der Waals surface area contributed by atoms with Crippen molar-refractivity contribution in [1.82, 2.24) is 4.90 Å². The lowest BCUT2D eigenvalue weighted by Gasteiger charge is -2.21. The van der Waals surface area contributed by atoms with Gasteiger partial charge in [-0.3, -0.25) is 4.90 Å². The summed E-state index contributed by atoms with van der Waals surface area (Å²) in [5.41, 5.74) is 6.99. The number of rotatable bonds is 5. The molecular weight excluding hydrogens is 290 g/mol. The standard InChI is InChI=1S/C23H31N/c1-7-18(2)21-10-8-9-20(15-21)17-24(6)16-19-11-13-22(14-12-19)23(3,4)5/h7-15H,16-17H2,1-6H3/b18-7+. The van der Waals surface area contributed by atoms with Crippen molar-refractivity contribution in [3.8, 4) is 0 Å². The maximum atomic E-state index is 2.37. The molecule has 0 aliphatic heterocycles. The van der Waals surface area contributed by atoms with E-state index in [1.807, 2.05) is 0 Å². The zero-order chi connectivity index (χ0) is 17.7. The van der Waals surface area contributed by atoms with Gasteiger partial charge in [-0.05, 0) is 54.1 Å². The monoisotopic (exact) mass is 321 g/mol. The van der Waals surface area contributed by atoms with Crippen molar-refractivity contribution in [3.05, 3.63) is 76.9 Å². The van der Waals surface area contributed by atoms with Crippen LogP contribution in [-0.2, 0) is 18.5 Å². The van der Waals surface area contributed by atoms with E-state index < -0.39 is 0 Å². The quantitative estimate of drug-likeness (QED) is 0.649. The van der Waals surface area contributed by atoms with Crippen LogP contribution in [0, 0.1) is 0 Å². The Morgan fingerprint density at radius 2 is 1.58 bits per heavy atom. The van der Waals surface area contributed by atoms with Gasteiger partial charge < -0.3 is 0 Å². The van der Waals surface area contributed by atoms with Crippen LogP contribution in [0.1, 0.15) is 56.9 Å². The first-order valence-electron chi connectivity index (χ1n) is 8.80. The summed E-state index contributed by atoms with van der Waals surface area (Å²) in [6.07, 6.45) is 2.17. The summed E-state index contributed by atoms with van der Waals surface area (Å²) in [7, 11) is 2.19. The average molecular weight is 322 g/mol. The van der Waals surface area contributed by atoms with E-state index in [0.717, 1.165) is 13.1 Å². The molecule has 0 saturated carbocycles. The lowest BCUT2D eigenvalue weighted by atomic mass is 9.87. The fourth-order valence-corrected chi connectivity index (χ4v) is 2.87. The normalized spacial score (nSPS) is 12.7. The van der Waals surface area contributed by atoms with Crippen LogP contribution in [-0.4, -0.2) is 11.9 Å². The SMILES string of the molecule is C/C=C(\C)c1cccc(CN(C)Cc2ccc(C(C)(C)C)cc2)c1. The Morgan fingerprint density at radius 3 is 2.17 bits per heavy atom. The molecule has 0 heterocycles. The van der Waals surface area contributed by atoms with E-state index in [1.165, 1.54) is 27.8 Å². The highest BCUT2D eigenvalue weighted by atomic mass is 15.1. The second-order valence-electron chi connectivity index (χ2n) is 7.79. The van der Waals surface area contributed by atoms with Gasteiger partial charge in [0.1, 0.15) is 0 Å². The largest absolute Gasteiger partial charge is 0.298 e. The molecule has 0 unspecified atom stereocenters. The van der Waals surface area contributed by atoms with E-state index >= 15 is 0 Å². The third-order valence-corrected chi connectivity index (χ3v) is 4.54. The molecule has 2 aromatic carbocycles. The molecule has 0 aliphatic rings. The second-order valence-corrected chi connectivity index (χ2v) is 7.79. The molecule has 0 fully saturated rings. The van der Waals surface area contributed by atoms with Gasteiger partial charge in [0.05, 0.1) is 0 Å². The van der Waals surface area contributed by atoms with E-state index in [4.69, 9.17) is 0 Å². The molecule has 0 radical (unpaired) electrons. The molecule has 0 amide bonds. The van der Waals surface area contributed by atoms with Gasteiger partial charge in [0.15, 0.2) is 0 Å². The van der Waals surface area contributed by atoms with E-state index in [2.05, 4.69) is 101 Å². The topological polar surface area (TPSA) is 3.24 Å². The molecule has 0 aliphatic carbocycles. The summed E-state index contributed by atoms with van der Waals surface area (Å²) < 4.78 is 0. The summed E-state index contributed by atoms with van der Waals surface area (Å²) in [4.78, 5) is 2.37. The predicted molar refractivity (Wildman–Crippen MR) is 106 cm³/mol. The minimum absolute atomic E-state index is 0.218. The van der Waals surface area contributed by atoms with Crippen molar-refractivity contribution in [3.63, 3.8) is 0 Å². The van der Waals surface area contributed by atoms with Gasteiger partial charge >= 0.3 is 0 Å². The van der Waals surface area contributed by atoms with Crippen molar-refractivity contribution >= 4 is 5.57 Å². The Labute approximate surface area is 148 Å². The van der Waals surface area contributed by atoms with E-state index in [1.54, 1.807) is 0 Å². The third-order valence-electron chi connectivity index (χ3n) is 4.54. The van der Waals surface area contributed by atoms with Gasteiger partial charge in [0.25, 0.3) is 0 Å². The van der Waals surface area contributed by atoms with Gasteiger partial charge in [0.2, 0.25) is 0 Å². The van der Waals surface area contributed by atoms with Gasteiger partial charge in [-0.25, -0.2) is 0 Å². The molecule has 1 heteroatoms. The summed E-state index contributed by atoms with van der Waals surface area (Å²) in [6, 6.07) is 17.9. The highest BCUT2D eigenvalue weighted by Gasteiger charge is 2.13. The molecule has 0 N–H and O–H groups in total. The minimum atomic E-state index is 0.218. The fourth-order valence-electron chi connectivity index (χ4n) is 2.87. The average Bonchev–Trinajstić information content (AvgIpc) is 2.54. The molecule has 0 bridgehead atoms. The van der Waals surface area contributed by atoms with Crippen molar-refractivity contribution < 1.29 is 0 Å². The molecule has 0 atom stereocenters. The van der Waals surface area contributed by atoms with Crippen molar-refractivity contribution in [2.24, 2.45) is 0 Å². The highest BCUT2D eigenvalue weighted by Crippen LogP contribution is 2.22. The van der Waals surface area contributed by atoms with E-state index in [9.17, 15) is 0 Å². The predicted octanol–water partition coefficient (Wildman–Crippen LogP) is 6.04. The molecule has 0 saturated heterocycles. The molecule has 2 rings (SSSR count). The van der Waals surface area contributed by atoms with Gasteiger partial charge in [-0.1, -0.05) is 75.4 Å². The number of allylic oxidation sites excluding steroid dienone is 2. The van der Waals surface area contributed by atoms with Crippen LogP contribution in [0.4, 0.5) is 0 Å². The maximum absolute atomic E-state index is 2.37. The minimum Gasteiger partial charge on any atom is -0.298 e. The van der Waals surface area contributed by atoms with E-state index in [-0.39, 0.29) is 5.41 Å². The molecule has 0 spiro atoms. The Morgan fingerprint density at radius 1 is 0.958 bits per heavy atom. The summed E-state index contributed by atoms with van der Waals surface area (Å²) in [5.74, 6) is 0. The lowest BCUT2D eigenvalue weighted by molar-refractivity contribution is 0.319. The van der Waals surface area contributed by atoms with Crippen LogP contribution in [0.2, 0.25) is 0 Å². The second kappa shape index (κ2) is 7.81. The summed E-state index contributed by atoms with van der Waals surface area (Å²) in [6.45, 7) is 13.0. The number of nitrogens with zero attached hydrogens (tertiary/aromatic N) is 1. The smallest absolute Gasteiger partial charge is 0.0234 e. The fraction of sp³-hybridized carbons (Fsp3) is 0.391. The Balaban J connectivity index is 2.02. The Hall–Kier alpha value is -1.86. The van der Waals surface area contributed by atoms with Crippen molar-refractivity contribution in [2.45, 2.75) is 53.1 Å². The first-order valence-corrected chi connectivity index (χ1v) is 8.80. The molecule has 2 aromatic rings. The van der Waals surface area contributed by atoms with Gasteiger partial charge in [-0.2, -0.15) is 0 Å². The zero-order valence-corrected chi connectivity index (χ0v) is 16.1. The Bertz CT molecular complexity index is 687. The lowest BCUT2D eigenvalue weighted by Crippen LogP contribution is -2.17. The maximum Gasteiger partial charge on any atom is 0.0234 e. The summed E-state index contributed by atoms with van der Waals surface area (Å²) in [5, 5.41) is 0. The number of hydrogen-bond donors (Lipinski definition) is 0. The zero-order valence-electron chi connectivity index (χ0n) is 16.1. The van der Waals surface area contributed by atoms with Crippen molar-refractivity contribution in [1.29, 1.82) is 0 Å². The van der Waals surface area contributed by atoms with Crippen LogP contribution >= 0.6 is 0 Å². The van der Waals surface area contributed by atoms with Gasteiger partial charge in [-0.15, -0.1) is 0 Å². The van der Waals surface area contributed by atoms with Crippen LogP contribution in [0.25, 0.3) is 5.57 Å². The number of hydrogen-bond acceptors (Lipinski definition) is 1. The van der Waals surface area contributed by atoms with Gasteiger partial charge in [0, 0.05) is 13.1 Å². The molecule has 1 nitrogen and oxygen atoms in total. The molecule has 24 heavy (non-hydrogen) atoms. The first kappa shape index (κ1) is 18.5. The van der Waals surface area contributed by atoms with Crippen LogP contribution < -0.4 is 0 Å². The highest BCUT2D eigenvalue weighted by molar-refractivity contribution is 5.63. The Kier molecular flexibility index (Phi) is 6.01.